The summed E-state index contributed by atoms with van der Waals surface area (Å²) in [5, 5.41) is 3.03. The van der Waals surface area contributed by atoms with Crippen molar-refractivity contribution in [2.75, 3.05) is 20.2 Å². The van der Waals surface area contributed by atoms with E-state index < -0.39 is 0 Å². The molecule has 1 heterocycles. The summed E-state index contributed by atoms with van der Waals surface area (Å²) in [5.41, 5.74) is 0. The summed E-state index contributed by atoms with van der Waals surface area (Å²) in [7, 11) is 1.55. The molecule has 1 amide bonds. The predicted molar refractivity (Wildman–Crippen MR) is 63.7 cm³/mol. The number of nitrogens with one attached hydrogen (secondary N) is 1. The average molecular weight is 226 g/mol. The second-order valence-electron chi connectivity index (χ2n) is 4.53. The standard InChI is InChI=1S/C12H22N2O2/c1-9(2)11(13-10(3)16-4)12(15)14-7-5-6-8-14/h9,11,13H,3,5-8H2,1-2,4H3/t11-/m0/s1. The second kappa shape index (κ2) is 5.77. The van der Waals surface area contributed by atoms with Crippen molar-refractivity contribution in [3.05, 3.63) is 12.5 Å². The van der Waals surface area contributed by atoms with Gasteiger partial charge in [-0.1, -0.05) is 13.8 Å². The maximum absolute atomic E-state index is 12.2. The molecule has 1 saturated heterocycles. The Labute approximate surface area is 97.6 Å². The van der Waals surface area contributed by atoms with E-state index in [9.17, 15) is 4.79 Å². The molecule has 16 heavy (non-hydrogen) atoms. The number of amides is 1. The molecule has 1 fully saturated rings. The lowest BCUT2D eigenvalue weighted by molar-refractivity contribution is -0.133. The maximum Gasteiger partial charge on any atom is 0.245 e. The van der Waals surface area contributed by atoms with E-state index in [1.165, 1.54) is 0 Å². The van der Waals surface area contributed by atoms with Crippen LogP contribution in [0.5, 0.6) is 0 Å². The number of carbonyl (C=O) groups is 1. The van der Waals surface area contributed by atoms with Gasteiger partial charge in [0.15, 0.2) is 5.88 Å². The van der Waals surface area contributed by atoms with Crippen LogP contribution in [0.2, 0.25) is 0 Å². The van der Waals surface area contributed by atoms with Crippen LogP contribution in [0.3, 0.4) is 0 Å². The minimum absolute atomic E-state index is 0.158. The molecule has 1 aliphatic rings. The molecule has 0 aromatic carbocycles. The van der Waals surface area contributed by atoms with Crippen molar-refractivity contribution in [1.29, 1.82) is 0 Å². The first-order chi connectivity index (χ1) is 7.56. The van der Waals surface area contributed by atoms with Crippen molar-refractivity contribution in [3.8, 4) is 0 Å². The first-order valence-electron chi connectivity index (χ1n) is 5.84. The number of hydrogen-bond acceptors (Lipinski definition) is 3. The largest absolute Gasteiger partial charge is 0.483 e. The van der Waals surface area contributed by atoms with Crippen LogP contribution in [0, 0.1) is 5.92 Å². The second-order valence-corrected chi connectivity index (χ2v) is 4.53. The van der Waals surface area contributed by atoms with Crippen molar-refractivity contribution in [1.82, 2.24) is 10.2 Å². The molecule has 1 aliphatic heterocycles. The molecule has 4 heteroatoms. The highest BCUT2D eigenvalue weighted by molar-refractivity contribution is 5.82. The van der Waals surface area contributed by atoms with Gasteiger partial charge in [0.1, 0.15) is 6.04 Å². The van der Waals surface area contributed by atoms with Gasteiger partial charge >= 0.3 is 0 Å². The number of likely N-dealkylation sites (tertiary alicyclic amines) is 1. The molecule has 0 saturated carbocycles. The van der Waals surface area contributed by atoms with E-state index in [4.69, 9.17) is 4.74 Å². The van der Waals surface area contributed by atoms with Crippen LogP contribution in [0.1, 0.15) is 26.7 Å². The summed E-state index contributed by atoms with van der Waals surface area (Å²) in [6, 6.07) is -0.231. The number of hydrogen-bond donors (Lipinski definition) is 1. The van der Waals surface area contributed by atoms with Crippen molar-refractivity contribution >= 4 is 5.91 Å². The van der Waals surface area contributed by atoms with Crippen molar-refractivity contribution in [2.24, 2.45) is 5.92 Å². The summed E-state index contributed by atoms with van der Waals surface area (Å²) in [4.78, 5) is 14.1. The number of methoxy groups -OCH3 is 1. The molecule has 1 N–H and O–H groups in total. The normalized spacial score (nSPS) is 17.4. The summed E-state index contributed by atoms with van der Waals surface area (Å²) >= 11 is 0. The van der Waals surface area contributed by atoms with Gasteiger partial charge in [0.25, 0.3) is 0 Å². The Morgan fingerprint density at radius 1 is 1.38 bits per heavy atom. The number of nitrogens with zero attached hydrogens (tertiary/aromatic N) is 1. The zero-order valence-corrected chi connectivity index (χ0v) is 10.5. The van der Waals surface area contributed by atoms with E-state index in [-0.39, 0.29) is 17.9 Å². The lowest BCUT2D eigenvalue weighted by atomic mass is 10.0. The summed E-state index contributed by atoms with van der Waals surface area (Å²) in [5.74, 6) is 0.831. The molecule has 4 nitrogen and oxygen atoms in total. The zero-order chi connectivity index (χ0) is 12.1. The van der Waals surface area contributed by atoms with Gasteiger partial charge in [0.2, 0.25) is 5.91 Å². The fraction of sp³-hybridized carbons (Fsp3) is 0.750. The highest BCUT2D eigenvalue weighted by Crippen LogP contribution is 2.13. The molecule has 1 rings (SSSR count). The SMILES string of the molecule is C=C(N[C@H](C(=O)N1CCCC1)C(C)C)OC. The highest BCUT2D eigenvalue weighted by atomic mass is 16.5. The zero-order valence-electron chi connectivity index (χ0n) is 10.5. The third-order valence-electron chi connectivity index (χ3n) is 2.91. The van der Waals surface area contributed by atoms with Crippen LogP contribution >= 0.6 is 0 Å². The smallest absolute Gasteiger partial charge is 0.245 e. The average Bonchev–Trinajstić information content (AvgIpc) is 2.77. The Bertz CT molecular complexity index is 258. The van der Waals surface area contributed by atoms with Crippen molar-refractivity contribution < 1.29 is 9.53 Å². The van der Waals surface area contributed by atoms with E-state index in [1.54, 1.807) is 7.11 Å². The molecule has 0 radical (unpaired) electrons. The van der Waals surface area contributed by atoms with Crippen molar-refractivity contribution in [3.63, 3.8) is 0 Å². The van der Waals surface area contributed by atoms with Gasteiger partial charge in [0, 0.05) is 13.1 Å². The molecule has 0 aromatic rings. The van der Waals surface area contributed by atoms with Gasteiger partial charge in [-0.3, -0.25) is 4.79 Å². The molecule has 0 spiro atoms. The Hall–Kier alpha value is -1.19. The topological polar surface area (TPSA) is 41.6 Å². The molecule has 0 unspecified atom stereocenters. The van der Waals surface area contributed by atoms with Crippen LogP contribution in [0.4, 0.5) is 0 Å². The molecule has 92 valence electrons. The van der Waals surface area contributed by atoms with E-state index in [1.807, 2.05) is 18.7 Å². The monoisotopic (exact) mass is 226 g/mol. The van der Waals surface area contributed by atoms with Crippen LogP contribution in [-0.4, -0.2) is 37.0 Å². The maximum atomic E-state index is 12.2. The van der Waals surface area contributed by atoms with Crippen LogP contribution in [0.15, 0.2) is 12.5 Å². The van der Waals surface area contributed by atoms with Gasteiger partial charge in [-0.25, -0.2) is 0 Å². The Morgan fingerprint density at radius 2 is 1.94 bits per heavy atom. The van der Waals surface area contributed by atoms with Crippen LogP contribution in [-0.2, 0) is 9.53 Å². The third kappa shape index (κ3) is 3.15. The fourth-order valence-corrected chi connectivity index (χ4v) is 1.88. The number of ether oxygens (including phenoxy) is 1. The quantitative estimate of drug-likeness (QED) is 0.719. The summed E-state index contributed by atoms with van der Waals surface area (Å²) < 4.78 is 4.97. The van der Waals surface area contributed by atoms with Gasteiger partial charge in [0.05, 0.1) is 7.11 Å². The first-order valence-corrected chi connectivity index (χ1v) is 5.84. The molecular formula is C12H22N2O2. The number of rotatable bonds is 5. The molecule has 1 atom stereocenters. The minimum Gasteiger partial charge on any atom is -0.483 e. The van der Waals surface area contributed by atoms with E-state index in [2.05, 4.69) is 11.9 Å². The summed E-state index contributed by atoms with van der Waals surface area (Å²) in [6.45, 7) is 9.50. The van der Waals surface area contributed by atoms with Gasteiger partial charge in [-0.15, -0.1) is 0 Å². The fourth-order valence-electron chi connectivity index (χ4n) is 1.88. The minimum atomic E-state index is -0.231. The molecule has 0 bridgehead atoms. The molecular weight excluding hydrogens is 204 g/mol. The van der Waals surface area contributed by atoms with Crippen LogP contribution < -0.4 is 5.32 Å². The van der Waals surface area contributed by atoms with Gasteiger partial charge < -0.3 is 15.0 Å². The Kier molecular flexibility index (Phi) is 4.65. The number of carbonyl (C=O) groups excluding carboxylic acids is 1. The Morgan fingerprint density at radius 3 is 2.38 bits per heavy atom. The predicted octanol–water partition coefficient (Wildman–Crippen LogP) is 1.34. The summed E-state index contributed by atoms with van der Waals surface area (Å²) in [6.07, 6.45) is 2.23. The molecule has 0 aliphatic carbocycles. The lowest BCUT2D eigenvalue weighted by Crippen LogP contribution is -2.48. The molecule has 0 aromatic heterocycles. The van der Waals surface area contributed by atoms with E-state index in [0.29, 0.717) is 5.88 Å². The highest BCUT2D eigenvalue weighted by Gasteiger charge is 2.28. The van der Waals surface area contributed by atoms with Gasteiger partial charge in [-0.05, 0) is 25.3 Å². The van der Waals surface area contributed by atoms with Crippen molar-refractivity contribution in [2.45, 2.75) is 32.7 Å². The van der Waals surface area contributed by atoms with E-state index >= 15 is 0 Å². The van der Waals surface area contributed by atoms with Gasteiger partial charge in [-0.2, -0.15) is 0 Å². The first kappa shape index (κ1) is 12.9. The Balaban J connectivity index is 2.61. The third-order valence-corrected chi connectivity index (χ3v) is 2.91. The van der Waals surface area contributed by atoms with Crippen LogP contribution in [0.25, 0.3) is 0 Å². The lowest BCUT2D eigenvalue weighted by Gasteiger charge is -2.27. The van der Waals surface area contributed by atoms with E-state index in [0.717, 1.165) is 25.9 Å².